The van der Waals surface area contributed by atoms with Gasteiger partial charge in [-0.3, -0.25) is 9.80 Å². The molecule has 0 radical (unpaired) electrons. The molecule has 2 fully saturated rings. The molecule has 7 rings (SSSR count). The van der Waals surface area contributed by atoms with Gasteiger partial charge in [-0.25, -0.2) is 37.5 Å². The summed E-state index contributed by atoms with van der Waals surface area (Å²) in [6.45, 7) is 6.29. The van der Waals surface area contributed by atoms with Crippen LogP contribution in [0.3, 0.4) is 0 Å². The first-order chi connectivity index (χ1) is 19.9. The fourth-order valence-electron chi connectivity index (χ4n) is 6.85. The van der Waals surface area contributed by atoms with Gasteiger partial charge in [-0.2, -0.15) is 0 Å². The highest BCUT2D eigenvalue weighted by molar-refractivity contribution is 5.83. The van der Waals surface area contributed by atoms with E-state index in [0.717, 1.165) is 44.0 Å². The van der Waals surface area contributed by atoms with Crippen LogP contribution in [0.5, 0.6) is 0 Å². The summed E-state index contributed by atoms with van der Waals surface area (Å²) in [5, 5.41) is 2.99. The number of pyridine rings is 1. The Morgan fingerprint density at radius 1 is 0.976 bits per heavy atom. The lowest BCUT2D eigenvalue weighted by atomic mass is 10.1. The van der Waals surface area contributed by atoms with E-state index in [2.05, 4.69) is 42.0 Å². The zero-order valence-electron chi connectivity index (χ0n) is 22.6. The molecule has 1 aromatic carbocycles. The Bertz CT molecular complexity index is 1580. The monoisotopic (exact) mass is 566 g/mol. The molecule has 6 heterocycles. The molecule has 3 aliphatic rings. The molecule has 0 amide bonds. The van der Waals surface area contributed by atoms with Gasteiger partial charge < -0.3 is 9.88 Å². The minimum absolute atomic E-state index is 0.00824. The Morgan fingerprint density at radius 2 is 1.78 bits per heavy atom. The number of likely N-dealkylation sites (N-methyl/N-ethyl adjacent to an activating group) is 1. The van der Waals surface area contributed by atoms with Crippen molar-refractivity contribution in [3.8, 4) is 11.3 Å². The van der Waals surface area contributed by atoms with Crippen LogP contribution in [0.2, 0.25) is 0 Å². The van der Waals surface area contributed by atoms with Gasteiger partial charge in [0.2, 0.25) is 5.95 Å². The van der Waals surface area contributed by atoms with Gasteiger partial charge >= 0.3 is 0 Å². The summed E-state index contributed by atoms with van der Waals surface area (Å²) >= 11 is 0. The molecule has 41 heavy (non-hydrogen) atoms. The number of hydrogen-bond acceptors (Lipinski definition) is 7. The van der Waals surface area contributed by atoms with Crippen molar-refractivity contribution in [3.05, 3.63) is 59.7 Å². The first-order valence-corrected chi connectivity index (χ1v) is 14.1. The fourth-order valence-corrected chi connectivity index (χ4v) is 6.85. The summed E-state index contributed by atoms with van der Waals surface area (Å²) in [5.74, 6) is -0.518. The van der Waals surface area contributed by atoms with E-state index in [1.54, 1.807) is 0 Å². The van der Waals surface area contributed by atoms with Crippen LogP contribution in [0.1, 0.15) is 43.6 Å². The zero-order valence-corrected chi connectivity index (χ0v) is 22.6. The summed E-state index contributed by atoms with van der Waals surface area (Å²) in [5.41, 5.74) is 1.25. The van der Waals surface area contributed by atoms with Crippen LogP contribution < -0.4 is 5.32 Å². The van der Waals surface area contributed by atoms with E-state index in [0.29, 0.717) is 30.1 Å². The molecule has 0 spiro atoms. The number of anilines is 2. The maximum absolute atomic E-state index is 15.0. The van der Waals surface area contributed by atoms with Gasteiger partial charge in [0.15, 0.2) is 11.6 Å². The Morgan fingerprint density at radius 3 is 2.49 bits per heavy atom. The van der Waals surface area contributed by atoms with Gasteiger partial charge in [0.05, 0.1) is 17.8 Å². The molecule has 0 aliphatic carbocycles. The minimum Gasteiger partial charge on any atom is -0.319 e. The van der Waals surface area contributed by atoms with E-state index >= 15 is 4.39 Å². The van der Waals surface area contributed by atoms with Crippen molar-refractivity contribution in [2.45, 2.75) is 63.7 Å². The summed E-state index contributed by atoms with van der Waals surface area (Å²) in [6, 6.07) is 6.57. The molecule has 3 unspecified atom stereocenters. The van der Waals surface area contributed by atoms with Crippen molar-refractivity contribution in [2.75, 3.05) is 25.0 Å². The Hall–Kier alpha value is -3.64. The molecule has 12 heteroatoms. The van der Waals surface area contributed by atoms with E-state index in [1.165, 1.54) is 23.5 Å². The third-order valence-corrected chi connectivity index (χ3v) is 8.67. The van der Waals surface area contributed by atoms with Crippen LogP contribution in [0.4, 0.5) is 29.3 Å². The normalized spacial score (nSPS) is 22.6. The minimum atomic E-state index is -2.62. The first kappa shape index (κ1) is 26.3. The van der Waals surface area contributed by atoms with E-state index in [9.17, 15) is 13.2 Å². The second-order valence-corrected chi connectivity index (χ2v) is 11.1. The van der Waals surface area contributed by atoms with Crippen molar-refractivity contribution in [1.82, 2.24) is 34.3 Å². The molecule has 3 aliphatic heterocycles. The van der Waals surface area contributed by atoms with Crippen LogP contribution in [0.15, 0.2) is 36.7 Å². The number of aryl methyl sites for hydroxylation is 1. The van der Waals surface area contributed by atoms with Crippen LogP contribution in [-0.2, 0) is 13.0 Å². The Kier molecular flexibility index (Phi) is 6.61. The van der Waals surface area contributed by atoms with Gasteiger partial charge in [0.25, 0.3) is 6.43 Å². The maximum Gasteiger partial charge on any atom is 0.259 e. The third-order valence-electron chi connectivity index (χ3n) is 8.67. The highest BCUT2D eigenvalue weighted by Gasteiger charge is 2.38. The zero-order chi connectivity index (χ0) is 28.2. The van der Waals surface area contributed by atoms with Gasteiger partial charge in [0.1, 0.15) is 22.9 Å². The number of hydrogen-bond donors (Lipinski definition) is 1. The number of benzene rings is 1. The van der Waals surface area contributed by atoms with E-state index in [4.69, 9.17) is 0 Å². The molecular formula is C29H30F4N8. The second kappa shape index (κ2) is 10.3. The van der Waals surface area contributed by atoms with Crippen molar-refractivity contribution in [3.63, 3.8) is 0 Å². The predicted molar refractivity (Wildman–Crippen MR) is 146 cm³/mol. The van der Waals surface area contributed by atoms with E-state index in [-0.39, 0.29) is 34.7 Å². The number of fused-ring (bicyclic) bond motifs is 5. The van der Waals surface area contributed by atoms with Crippen molar-refractivity contribution >= 4 is 22.8 Å². The summed E-state index contributed by atoms with van der Waals surface area (Å²) in [4.78, 5) is 22.1. The molecule has 2 saturated heterocycles. The number of alkyl halides is 2. The molecule has 2 bridgehead atoms. The number of aromatic nitrogens is 5. The standard InChI is InChI=1S/C29H30F4N8/c1-2-40-18-4-5-19(40)15-39(14-18)13-16-3-7-24(34-11-16)36-29-35-12-21(31)26(38-29)17-9-20(30)27-23(10-17)41-22(28(32)33)6-8-25(41)37-27/h3,7,9-12,18-19,22,28H,2,4-6,8,13-15H2,1H3,(H,34,35,36,38). The van der Waals surface area contributed by atoms with Crippen molar-refractivity contribution < 1.29 is 17.6 Å². The van der Waals surface area contributed by atoms with Gasteiger partial charge in [-0.15, -0.1) is 0 Å². The summed E-state index contributed by atoms with van der Waals surface area (Å²) in [7, 11) is 0. The highest BCUT2D eigenvalue weighted by atomic mass is 19.3. The quantitative estimate of drug-likeness (QED) is 0.303. The predicted octanol–water partition coefficient (Wildman–Crippen LogP) is 5.33. The largest absolute Gasteiger partial charge is 0.319 e. The number of halogens is 4. The number of likely N-dealkylation sites (tertiary alicyclic amines) is 1. The van der Waals surface area contributed by atoms with E-state index in [1.807, 2.05) is 18.3 Å². The second-order valence-electron chi connectivity index (χ2n) is 11.1. The summed E-state index contributed by atoms with van der Waals surface area (Å²) < 4.78 is 58.5. The van der Waals surface area contributed by atoms with Crippen molar-refractivity contribution in [1.29, 1.82) is 0 Å². The lowest BCUT2D eigenvalue weighted by Crippen LogP contribution is -2.53. The lowest BCUT2D eigenvalue weighted by Gasteiger charge is -2.40. The number of nitrogens with zero attached hydrogens (tertiary/aromatic N) is 7. The SMILES string of the molecule is CCN1C2CCC1CN(Cc1ccc(Nc3ncc(F)c(-c4cc(F)c5nc6n(c5c4)C(C(F)F)CC6)n3)nc1)C2. The lowest BCUT2D eigenvalue weighted by molar-refractivity contribution is 0.0669. The van der Waals surface area contributed by atoms with Crippen LogP contribution in [0, 0.1) is 11.6 Å². The fraction of sp³-hybridized carbons (Fsp3) is 0.448. The molecule has 8 nitrogen and oxygen atoms in total. The number of piperazine rings is 1. The Labute approximate surface area is 234 Å². The summed E-state index contributed by atoms with van der Waals surface area (Å²) in [6.07, 6.45) is 3.26. The maximum atomic E-state index is 15.0. The van der Waals surface area contributed by atoms with Gasteiger partial charge in [-0.1, -0.05) is 13.0 Å². The van der Waals surface area contributed by atoms with Crippen molar-refractivity contribution in [2.24, 2.45) is 0 Å². The molecule has 3 atom stereocenters. The third kappa shape index (κ3) is 4.72. The van der Waals surface area contributed by atoms with E-state index < -0.39 is 24.1 Å². The molecule has 3 aromatic heterocycles. The Balaban J connectivity index is 1.10. The number of rotatable bonds is 7. The topological polar surface area (TPSA) is 75.0 Å². The average Bonchev–Trinajstić information content (AvgIpc) is 3.61. The first-order valence-electron chi connectivity index (χ1n) is 14.1. The molecule has 0 saturated carbocycles. The number of nitrogens with one attached hydrogen (secondary N) is 1. The van der Waals surface area contributed by atoms with Crippen LogP contribution in [0.25, 0.3) is 22.3 Å². The smallest absolute Gasteiger partial charge is 0.259 e. The number of imidazole rings is 1. The van der Waals surface area contributed by atoms with Gasteiger partial charge in [0, 0.05) is 49.9 Å². The van der Waals surface area contributed by atoms with Crippen LogP contribution >= 0.6 is 0 Å². The molecule has 4 aromatic rings. The van der Waals surface area contributed by atoms with Crippen LogP contribution in [-0.4, -0.2) is 72.4 Å². The average molecular weight is 567 g/mol. The highest BCUT2D eigenvalue weighted by Crippen LogP contribution is 2.37. The molecule has 214 valence electrons. The molecule has 1 N–H and O–H groups in total. The van der Waals surface area contributed by atoms with Gasteiger partial charge in [-0.05, 0) is 49.6 Å². The molecular weight excluding hydrogens is 536 g/mol.